The van der Waals surface area contributed by atoms with Gasteiger partial charge in [0.25, 0.3) is 0 Å². The average molecular weight is 396 g/mol. The van der Waals surface area contributed by atoms with E-state index in [2.05, 4.69) is 10.6 Å². The van der Waals surface area contributed by atoms with Crippen molar-refractivity contribution in [3.05, 3.63) is 23.3 Å². The quantitative estimate of drug-likeness (QED) is 0.803. The summed E-state index contributed by atoms with van der Waals surface area (Å²) in [5, 5.41) is 6.24. The van der Waals surface area contributed by atoms with Crippen LogP contribution in [0.25, 0.3) is 0 Å². The average Bonchev–Trinajstić information content (AvgIpc) is 2.94. The number of hydrogen-bond donors (Lipinski definition) is 2. The Morgan fingerprint density at radius 3 is 2.52 bits per heavy atom. The fourth-order valence-corrected chi connectivity index (χ4v) is 6.65. The van der Waals surface area contributed by atoms with E-state index in [-0.39, 0.29) is 11.9 Å². The van der Waals surface area contributed by atoms with Gasteiger partial charge in [0, 0.05) is 25.0 Å². The molecule has 0 radical (unpaired) electrons. The first kappa shape index (κ1) is 20.1. The van der Waals surface area contributed by atoms with E-state index in [0.29, 0.717) is 29.2 Å². The van der Waals surface area contributed by atoms with Gasteiger partial charge in [-0.25, -0.2) is 8.42 Å². The predicted molar refractivity (Wildman–Crippen MR) is 103 cm³/mol. The number of sulfonamides is 1. The monoisotopic (exact) mass is 395 g/mol. The molecule has 27 heavy (non-hydrogen) atoms. The molecule has 7 nitrogen and oxygen atoms in total. The second-order valence-electron chi connectivity index (χ2n) is 7.70. The third kappa shape index (κ3) is 3.70. The molecule has 1 unspecified atom stereocenters. The van der Waals surface area contributed by atoms with Gasteiger partial charge in [-0.05, 0) is 69.5 Å². The topological polar surface area (TPSA) is 87.7 Å². The minimum atomic E-state index is -3.69. The standard InChI is InChI=1S/C19H29N3O4S/c1-13-10-18(14(2)9-17(13)26-4)27(24,25)22-12-16(21-15(3)23)11-19(22)5-7-20-8-6-19/h9-10,16,20H,5-8,11-12H2,1-4H3,(H,21,23). The van der Waals surface area contributed by atoms with E-state index in [1.807, 2.05) is 6.92 Å². The van der Waals surface area contributed by atoms with Crippen LogP contribution < -0.4 is 15.4 Å². The van der Waals surface area contributed by atoms with Crippen LogP contribution >= 0.6 is 0 Å². The van der Waals surface area contributed by atoms with Gasteiger partial charge >= 0.3 is 0 Å². The molecule has 150 valence electrons. The molecule has 1 atom stereocenters. The smallest absolute Gasteiger partial charge is 0.243 e. The molecule has 1 aromatic carbocycles. The Kier molecular flexibility index (Phi) is 5.52. The van der Waals surface area contributed by atoms with Gasteiger partial charge in [0.2, 0.25) is 15.9 Å². The molecule has 0 aliphatic carbocycles. The number of carbonyl (C=O) groups excluding carboxylic acids is 1. The summed E-state index contributed by atoms with van der Waals surface area (Å²) < 4.78 is 34.3. The number of rotatable bonds is 4. The Morgan fingerprint density at radius 1 is 1.26 bits per heavy atom. The summed E-state index contributed by atoms with van der Waals surface area (Å²) in [6.07, 6.45) is 2.15. The van der Waals surface area contributed by atoms with Crippen LogP contribution in [0, 0.1) is 13.8 Å². The van der Waals surface area contributed by atoms with E-state index < -0.39 is 15.6 Å². The maximum absolute atomic E-state index is 13.7. The van der Waals surface area contributed by atoms with Crippen LogP contribution in [0.4, 0.5) is 0 Å². The van der Waals surface area contributed by atoms with Gasteiger partial charge in [-0.3, -0.25) is 4.79 Å². The largest absolute Gasteiger partial charge is 0.496 e. The van der Waals surface area contributed by atoms with Crippen molar-refractivity contribution in [1.82, 2.24) is 14.9 Å². The maximum atomic E-state index is 13.7. The van der Waals surface area contributed by atoms with Gasteiger partial charge < -0.3 is 15.4 Å². The van der Waals surface area contributed by atoms with E-state index in [0.717, 1.165) is 31.5 Å². The summed E-state index contributed by atoms with van der Waals surface area (Å²) in [4.78, 5) is 11.9. The molecule has 1 spiro atoms. The lowest BCUT2D eigenvalue weighted by Crippen LogP contribution is -2.53. The van der Waals surface area contributed by atoms with E-state index in [4.69, 9.17) is 4.74 Å². The molecular weight excluding hydrogens is 366 g/mol. The number of aryl methyl sites for hydroxylation is 2. The SMILES string of the molecule is COc1cc(C)c(S(=O)(=O)N2CC(NC(C)=O)CC23CCNCC3)cc1C. The Hall–Kier alpha value is -1.64. The zero-order valence-corrected chi connectivity index (χ0v) is 17.3. The van der Waals surface area contributed by atoms with Crippen molar-refractivity contribution >= 4 is 15.9 Å². The Morgan fingerprint density at radius 2 is 1.93 bits per heavy atom. The third-order valence-electron chi connectivity index (χ3n) is 5.74. The highest BCUT2D eigenvalue weighted by Gasteiger charge is 2.52. The molecule has 1 aromatic rings. The van der Waals surface area contributed by atoms with Crippen LogP contribution in [-0.2, 0) is 14.8 Å². The fraction of sp³-hybridized carbons (Fsp3) is 0.632. The molecule has 2 aliphatic heterocycles. The fourth-order valence-electron chi connectivity index (χ4n) is 4.48. The van der Waals surface area contributed by atoms with Crippen molar-refractivity contribution in [2.45, 2.75) is 56.5 Å². The first-order valence-corrected chi connectivity index (χ1v) is 10.8. The third-order valence-corrected chi connectivity index (χ3v) is 7.86. The van der Waals surface area contributed by atoms with Crippen molar-refractivity contribution in [1.29, 1.82) is 0 Å². The second-order valence-corrected chi connectivity index (χ2v) is 9.53. The second kappa shape index (κ2) is 7.41. The minimum absolute atomic E-state index is 0.125. The van der Waals surface area contributed by atoms with Crippen molar-refractivity contribution in [3.63, 3.8) is 0 Å². The highest BCUT2D eigenvalue weighted by Crippen LogP contribution is 2.42. The van der Waals surface area contributed by atoms with Gasteiger partial charge in [0.15, 0.2) is 0 Å². The molecule has 2 fully saturated rings. The molecule has 0 aromatic heterocycles. The predicted octanol–water partition coefficient (Wildman–Crippen LogP) is 1.33. The first-order valence-electron chi connectivity index (χ1n) is 9.35. The van der Waals surface area contributed by atoms with Crippen LogP contribution in [0.2, 0.25) is 0 Å². The number of piperidine rings is 1. The molecular formula is C19H29N3O4S. The summed E-state index contributed by atoms with van der Waals surface area (Å²) in [5.74, 6) is 0.556. The van der Waals surface area contributed by atoms with Crippen molar-refractivity contribution in [2.24, 2.45) is 0 Å². The minimum Gasteiger partial charge on any atom is -0.496 e. The van der Waals surface area contributed by atoms with Crippen LogP contribution in [0.1, 0.15) is 37.3 Å². The number of nitrogens with zero attached hydrogens (tertiary/aromatic N) is 1. The lowest BCUT2D eigenvalue weighted by Gasteiger charge is -2.41. The summed E-state index contributed by atoms with van der Waals surface area (Å²) >= 11 is 0. The molecule has 2 aliphatic rings. The molecule has 3 rings (SSSR count). The van der Waals surface area contributed by atoms with Gasteiger partial charge in [-0.2, -0.15) is 4.31 Å². The lowest BCUT2D eigenvalue weighted by atomic mass is 9.86. The zero-order chi connectivity index (χ0) is 19.8. The Balaban J connectivity index is 2.03. The van der Waals surface area contributed by atoms with Gasteiger partial charge in [0.1, 0.15) is 5.75 Å². The molecule has 2 heterocycles. The normalized spacial score (nSPS) is 22.7. The summed E-state index contributed by atoms with van der Waals surface area (Å²) in [6.45, 7) is 6.99. The number of hydrogen-bond acceptors (Lipinski definition) is 5. The molecule has 8 heteroatoms. The summed E-state index contributed by atoms with van der Waals surface area (Å²) in [7, 11) is -2.11. The molecule has 1 amide bonds. The molecule has 2 saturated heterocycles. The van der Waals surface area contributed by atoms with Crippen molar-refractivity contribution in [3.8, 4) is 5.75 Å². The number of methoxy groups -OCH3 is 1. The number of carbonyl (C=O) groups is 1. The van der Waals surface area contributed by atoms with Gasteiger partial charge in [-0.1, -0.05) is 0 Å². The van der Waals surface area contributed by atoms with Crippen molar-refractivity contribution < 1.29 is 17.9 Å². The van der Waals surface area contributed by atoms with E-state index in [9.17, 15) is 13.2 Å². The first-order chi connectivity index (χ1) is 12.7. The number of nitrogens with one attached hydrogen (secondary N) is 2. The van der Waals surface area contributed by atoms with E-state index in [1.54, 1.807) is 30.5 Å². The molecule has 0 bridgehead atoms. The number of ether oxygens (including phenoxy) is 1. The van der Waals surface area contributed by atoms with E-state index >= 15 is 0 Å². The molecule has 0 saturated carbocycles. The summed E-state index contributed by atoms with van der Waals surface area (Å²) in [6, 6.07) is 3.32. The molecule has 2 N–H and O–H groups in total. The number of amides is 1. The number of benzene rings is 1. The van der Waals surface area contributed by atoms with Crippen LogP contribution in [0.3, 0.4) is 0 Å². The highest BCUT2D eigenvalue weighted by molar-refractivity contribution is 7.89. The van der Waals surface area contributed by atoms with Crippen LogP contribution in [-0.4, -0.2) is 57.0 Å². The highest BCUT2D eigenvalue weighted by atomic mass is 32.2. The van der Waals surface area contributed by atoms with Crippen LogP contribution in [0.15, 0.2) is 17.0 Å². The van der Waals surface area contributed by atoms with E-state index in [1.165, 1.54) is 6.92 Å². The van der Waals surface area contributed by atoms with Crippen LogP contribution in [0.5, 0.6) is 5.75 Å². The van der Waals surface area contributed by atoms with Gasteiger partial charge in [0.05, 0.1) is 12.0 Å². The summed E-state index contributed by atoms with van der Waals surface area (Å²) in [5.41, 5.74) is 1.01. The Labute approximate surface area is 161 Å². The van der Waals surface area contributed by atoms with Gasteiger partial charge in [-0.15, -0.1) is 0 Å². The maximum Gasteiger partial charge on any atom is 0.243 e. The lowest BCUT2D eigenvalue weighted by molar-refractivity contribution is -0.119. The van der Waals surface area contributed by atoms with Crippen molar-refractivity contribution in [2.75, 3.05) is 26.7 Å². The Bertz CT molecular complexity index is 832. The zero-order valence-electron chi connectivity index (χ0n) is 16.5.